The fourth-order valence-corrected chi connectivity index (χ4v) is 3.64. The normalized spacial score (nSPS) is 10.7. The lowest BCUT2D eigenvalue weighted by atomic mass is 10.1. The molecule has 3 rings (SSSR count). The quantitative estimate of drug-likeness (QED) is 0.501. The second-order valence-electron chi connectivity index (χ2n) is 5.88. The largest absolute Gasteiger partial charge is 0.465 e. The molecular formula is C20H21N3O3S. The number of carbonyl (C=O) groups excluding carboxylic acids is 2. The van der Waals surface area contributed by atoms with Crippen LogP contribution < -0.4 is 5.32 Å². The highest BCUT2D eigenvalue weighted by molar-refractivity contribution is 7.99. The highest BCUT2D eigenvalue weighted by atomic mass is 32.2. The van der Waals surface area contributed by atoms with Crippen LogP contribution in [-0.4, -0.2) is 34.3 Å². The lowest BCUT2D eigenvalue weighted by molar-refractivity contribution is -0.118. The Labute approximate surface area is 161 Å². The smallest absolute Gasteiger partial charge is 0.337 e. The summed E-state index contributed by atoms with van der Waals surface area (Å²) < 4.78 is 6.78. The Morgan fingerprint density at radius 2 is 1.89 bits per heavy atom. The molecule has 0 fully saturated rings. The molecule has 1 aromatic heterocycles. The number of thioether (sulfide) groups is 1. The first-order valence-corrected chi connectivity index (χ1v) is 9.63. The van der Waals surface area contributed by atoms with E-state index in [2.05, 4.69) is 26.5 Å². The molecule has 1 N–H and O–H groups in total. The molecule has 3 aromatic rings. The lowest BCUT2D eigenvalue weighted by Crippen LogP contribution is -2.24. The molecule has 0 unspecified atom stereocenters. The van der Waals surface area contributed by atoms with E-state index >= 15 is 0 Å². The van der Waals surface area contributed by atoms with Crippen LogP contribution in [0, 0.1) is 0 Å². The molecule has 0 saturated heterocycles. The molecule has 0 aliphatic carbocycles. The monoisotopic (exact) mass is 383 g/mol. The molecule has 0 saturated carbocycles. The van der Waals surface area contributed by atoms with Gasteiger partial charge in [-0.2, -0.15) is 0 Å². The van der Waals surface area contributed by atoms with Gasteiger partial charge in [-0.25, -0.2) is 9.78 Å². The number of aromatic nitrogens is 2. The molecule has 0 atom stereocenters. The molecule has 1 heterocycles. The van der Waals surface area contributed by atoms with Crippen LogP contribution in [0.1, 0.15) is 22.8 Å². The van der Waals surface area contributed by atoms with Gasteiger partial charge >= 0.3 is 5.97 Å². The second kappa shape index (κ2) is 8.73. The van der Waals surface area contributed by atoms with Crippen LogP contribution in [0.3, 0.4) is 0 Å². The van der Waals surface area contributed by atoms with E-state index in [0.29, 0.717) is 17.9 Å². The molecule has 0 aliphatic rings. The minimum absolute atomic E-state index is 0.0632. The first-order chi connectivity index (χ1) is 13.1. The number of carbonyl (C=O) groups is 2. The standard InChI is InChI=1S/C20H21N3O3S/c1-3-23-17-7-5-4-6-16(17)22-20(23)27-13-18(24)21-12-14-8-10-15(11-9-14)19(25)26-2/h4-11H,3,12-13H2,1-2H3,(H,21,24). The van der Waals surface area contributed by atoms with Gasteiger partial charge in [0, 0.05) is 13.1 Å². The Morgan fingerprint density at radius 3 is 2.59 bits per heavy atom. The summed E-state index contributed by atoms with van der Waals surface area (Å²) in [5.41, 5.74) is 3.42. The molecule has 1 amide bonds. The summed E-state index contributed by atoms with van der Waals surface area (Å²) in [4.78, 5) is 28.2. The molecule has 2 aromatic carbocycles. The van der Waals surface area contributed by atoms with Gasteiger partial charge in [-0.3, -0.25) is 4.79 Å². The Kier molecular flexibility index (Phi) is 6.13. The maximum atomic E-state index is 12.2. The number of rotatable bonds is 7. The lowest BCUT2D eigenvalue weighted by Gasteiger charge is -2.07. The third kappa shape index (κ3) is 4.49. The van der Waals surface area contributed by atoms with E-state index in [1.165, 1.54) is 18.9 Å². The molecule has 7 heteroatoms. The van der Waals surface area contributed by atoms with Crippen molar-refractivity contribution in [2.24, 2.45) is 0 Å². The van der Waals surface area contributed by atoms with Gasteiger partial charge in [0.1, 0.15) is 0 Å². The van der Waals surface area contributed by atoms with E-state index in [9.17, 15) is 9.59 Å². The maximum Gasteiger partial charge on any atom is 0.337 e. The van der Waals surface area contributed by atoms with Crippen molar-refractivity contribution in [1.29, 1.82) is 0 Å². The number of para-hydroxylation sites is 2. The van der Waals surface area contributed by atoms with Crippen molar-refractivity contribution < 1.29 is 14.3 Å². The second-order valence-corrected chi connectivity index (χ2v) is 6.82. The third-order valence-electron chi connectivity index (χ3n) is 4.13. The van der Waals surface area contributed by atoms with Gasteiger partial charge in [0.05, 0.1) is 29.5 Å². The van der Waals surface area contributed by atoms with Gasteiger partial charge in [0.2, 0.25) is 5.91 Å². The van der Waals surface area contributed by atoms with Crippen LogP contribution in [0.15, 0.2) is 53.7 Å². The molecule has 0 spiro atoms. The SMILES string of the molecule is CCn1c(SCC(=O)NCc2ccc(C(=O)OC)cc2)nc2ccccc21. The number of aryl methyl sites for hydroxylation is 1. The fourth-order valence-electron chi connectivity index (χ4n) is 2.73. The molecule has 0 radical (unpaired) electrons. The topological polar surface area (TPSA) is 73.2 Å². The zero-order valence-electron chi connectivity index (χ0n) is 15.3. The van der Waals surface area contributed by atoms with E-state index in [0.717, 1.165) is 28.3 Å². The summed E-state index contributed by atoms with van der Waals surface area (Å²) in [5, 5.41) is 3.73. The number of nitrogens with one attached hydrogen (secondary N) is 1. The van der Waals surface area contributed by atoms with Gasteiger partial charge in [-0.05, 0) is 36.8 Å². The average Bonchev–Trinajstić information content (AvgIpc) is 3.08. The van der Waals surface area contributed by atoms with E-state index < -0.39 is 0 Å². The van der Waals surface area contributed by atoms with E-state index in [1.807, 2.05) is 24.3 Å². The number of hydrogen-bond acceptors (Lipinski definition) is 5. The van der Waals surface area contributed by atoms with Crippen molar-refractivity contribution in [2.45, 2.75) is 25.2 Å². The van der Waals surface area contributed by atoms with Crippen molar-refractivity contribution in [2.75, 3.05) is 12.9 Å². The number of ether oxygens (including phenoxy) is 1. The van der Waals surface area contributed by atoms with Gasteiger partial charge in [-0.15, -0.1) is 0 Å². The molecule has 6 nitrogen and oxygen atoms in total. The number of esters is 1. The van der Waals surface area contributed by atoms with Crippen LogP contribution in [0.2, 0.25) is 0 Å². The summed E-state index contributed by atoms with van der Waals surface area (Å²) in [6.45, 7) is 3.28. The highest BCUT2D eigenvalue weighted by Gasteiger charge is 2.12. The number of benzene rings is 2. The minimum Gasteiger partial charge on any atom is -0.465 e. The Hall–Kier alpha value is -2.80. The van der Waals surface area contributed by atoms with E-state index in [1.54, 1.807) is 24.3 Å². The van der Waals surface area contributed by atoms with E-state index in [4.69, 9.17) is 0 Å². The number of amides is 1. The summed E-state index contributed by atoms with van der Waals surface area (Å²) in [5.74, 6) is -0.142. The van der Waals surface area contributed by atoms with Gasteiger partial charge in [0.25, 0.3) is 0 Å². The van der Waals surface area contributed by atoms with Gasteiger partial charge in [-0.1, -0.05) is 36.0 Å². The van der Waals surface area contributed by atoms with Gasteiger partial charge < -0.3 is 14.6 Å². The fraction of sp³-hybridized carbons (Fsp3) is 0.250. The van der Waals surface area contributed by atoms with Crippen molar-refractivity contribution in [1.82, 2.24) is 14.9 Å². The highest BCUT2D eigenvalue weighted by Crippen LogP contribution is 2.23. The maximum absolute atomic E-state index is 12.2. The zero-order chi connectivity index (χ0) is 19.2. The summed E-state index contributed by atoms with van der Waals surface area (Å²) in [7, 11) is 1.35. The van der Waals surface area contributed by atoms with Crippen LogP contribution in [0.4, 0.5) is 0 Å². The Balaban J connectivity index is 1.55. The predicted molar refractivity (Wildman–Crippen MR) is 106 cm³/mol. The van der Waals surface area contributed by atoms with Crippen molar-refractivity contribution in [3.63, 3.8) is 0 Å². The van der Waals surface area contributed by atoms with Crippen LogP contribution in [-0.2, 0) is 22.6 Å². The molecule has 0 aliphatic heterocycles. The molecule has 27 heavy (non-hydrogen) atoms. The summed E-state index contributed by atoms with van der Waals surface area (Å²) in [6, 6.07) is 14.9. The Morgan fingerprint density at radius 1 is 1.15 bits per heavy atom. The first kappa shape index (κ1) is 19.0. The predicted octanol–water partition coefficient (Wildman–Crippen LogP) is 3.25. The van der Waals surface area contributed by atoms with E-state index in [-0.39, 0.29) is 11.9 Å². The van der Waals surface area contributed by atoms with Crippen molar-refractivity contribution in [3.05, 3.63) is 59.7 Å². The number of nitrogens with zero attached hydrogens (tertiary/aromatic N) is 2. The summed E-state index contributed by atoms with van der Waals surface area (Å²) in [6.07, 6.45) is 0. The first-order valence-electron chi connectivity index (χ1n) is 8.64. The van der Waals surface area contributed by atoms with Gasteiger partial charge in [0.15, 0.2) is 5.16 Å². The van der Waals surface area contributed by atoms with Crippen molar-refractivity contribution in [3.8, 4) is 0 Å². The van der Waals surface area contributed by atoms with Crippen LogP contribution in [0.5, 0.6) is 0 Å². The minimum atomic E-state index is -0.374. The molecule has 140 valence electrons. The Bertz CT molecular complexity index is 951. The summed E-state index contributed by atoms with van der Waals surface area (Å²) >= 11 is 1.43. The zero-order valence-corrected chi connectivity index (χ0v) is 16.1. The third-order valence-corrected chi connectivity index (χ3v) is 5.11. The average molecular weight is 383 g/mol. The number of fused-ring (bicyclic) bond motifs is 1. The molecule has 0 bridgehead atoms. The van der Waals surface area contributed by atoms with Crippen LogP contribution in [0.25, 0.3) is 11.0 Å². The number of imidazole rings is 1. The van der Waals surface area contributed by atoms with Crippen molar-refractivity contribution >= 4 is 34.7 Å². The molecular weight excluding hydrogens is 362 g/mol. The number of methoxy groups -OCH3 is 1. The van der Waals surface area contributed by atoms with Crippen LogP contribution >= 0.6 is 11.8 Å². The number of hydrogen-bond donors (Lipinski definition) is 1.